The van der Waals surface area contributed by atoms with Crippen LogP contribution >= 0.6 is 11.8 Å². The SMILES string of the molecule is CCSc1ccc(C(C)NC(=O)N(C)CC(C)(C)O)cc1. The molecule has 1 aromatic carbocycles. The highest BCUT2D eigenvalue weighted by Crippen LogP contribution is 2.20. The van der Waals surface area contributed by atoms with Crippen molar-refractivity contribution in [2.75, 3.05) is 19.3 Å². The van der Waals surface area contributed by atoms with Crippen LogP contribution in [0.15, 0.2) is 29.2 Å². The van der Waals surface area contributed by atoms with Gasteiger partial charge in [-0.25, -0.2) is 4.79 Å². The van der Waals surface area contributed by atoms with Gasteiger partial charge in [0.2, 0.25) is 0 Å². The molecule has 2 amide bonds. The third kappa shape index (κ3) is 6.40. The summed E-state index contributed by atoms with van der Waals surface area (Å²) < 4.78 is 0. The maximum Gasteiger partial charge on any atom is 0.317 e. The first-order valence-corrected chi connectivity index (χ1v) is 8.18. The van der Waals surface area contributed by atoms with Gasteiger partial charge in [0.05, 0.1) is 18.2 Å². The molecule has 0 fully saturated rings. The Bertz CT molecular complexity index is 454. The molecular weight excluding hydrogens is 284 g/mol. The van der Waals surface area contributed by atoms with E-state index in [0.717, 1.165) is 11.3 Å². The monoisotopic (exact) mass is 310 g/mol. The second kappa shape index (κ2) is 7.71. The molecule has 1 unspecified atom stereocenters. The van der Waals surface area contributed by atoms with Gasteiger partial charge in [0.15, 0.2) is 0 Å². The average molecular weight is 310 g/mol. The Morgan fingerprint density at radius 1 is 1.38 bits per heavy atom. The normalized spacial score (nSPS) is 12.9. The largest absolute Gasteiger partial charge is 0.389 e. The molecule has 5 heteroatoms. The molecule has 0 saturated carbocycles. The summed E-state index contributed by atoms with van der Waals surface area (Å²) in [4.78, 5) is 14.8. The van der Waals surface area contributed by atoms with Crippen LogP contribution in [0, 0.1) is 0 Å². The van der Waals surface area contributed by atoms with E-state index in [1.54, 1.807) is 32.7 Å². The lowest BCUT2D eigenvalue weighted by molar-refractivity contribution is 0.0528. The number of likely N-dealkylation sites (N-methyl/N-ethyl adjacent to an activating group) is 1. The third-order valence-electron chi connectivity index (χ3n) is 3.00. The van der Waals surface area contributed by atoms with Crippen molar-refractivity contribution in [1.29, 1.82) is 0 Å². The third-order valence-corrected chi connectivity index (χ3v) is 3.90. The van der Waals surface area contributed by atoms with E-state index in [9.17, 15) is 9.90 Å². The highest BCUT2D eigenvalue weighted by atomic mass is 32.2. The van der Waals surface area contributed by atoms with Gasteiger partial charge in [-0.2, -0.15) is 0 Å². The van der Waals surface area contributed by atoms with Crippen molar-refractivity contribution in [1.82, 2.24) is 10.2 Å². The van der Waals surface area contributed by atoms with Gasteiger partial charge < -0.3 is 15.3 Å². The number of rotatable bonds is 6. The number of hydrogen-bond donors (Lipinski definition) is 2. The van der Waals surface area contributed by atoms with Crippen LogP contribution in [0.5, 0.6) is 0 Å². The van der Waals surface area contributed by atoms with Crippen LogP contribution < -0.4 is 5.32 Å². The van der Waals surface area contributed by atoms with Crippen LogP contribution in [0.2, 0.25) is 0 Å². The quantitative estimate of drug-likeness (QED) is 0.793. The number of hydrogen-bond acceptors (Lipinski definition) is 3. The molecule has 0 spiro atoms. The zero-order chi connectivity index (χ0) is 16.0. The minimum atomic E-state index is -0.894. The molecule has 1 atom stereocenters. The molecule has 0 heterocycles. The molecule has 0 aliphatic rings. The van der Waals surface area contributed by atoms with Gasteiger partial charge in [0.1, 0.15) is 0 Å². The fourth-order valence-corrected chi connectivity index (χ4v) is 2.71. The summed E-state index contributed by atoms with van der Waals surface area (Å²) in [6.07, 6.45) is 0. The molecule has 0 saturated heterocycles. The molecule has 0 bridgehead atoms. The van der Waals surface area contributed by atoms with E-state index in [1.165, 1.54) is 9.80 Å². The zero-order valence-corrected chi connectivity index (χ0v) is 14.3. The molecule has 0 aliphatic carbocycles. The number of thioether (sulfide) groups is 1. The van der Waals surface area contributed by atoms with Crippen LogP contribution in [0.3, 0.4) is 0 Å². The van der Waals surface area contributed by atoms with Gasteiger partial charge in [0.25, 0.3) is 0 Å². The number of nitrogens with zero attached hydrogens (tertiary/aromatic N) is 1. The lowest BCUT2D eigenvalue weighted by Gasteiger charge is -2.27. The summed E-state index contributed by atoms with van der Waals surface area (Å²) in [5, 5.41) is 12.7. The fourth-order valence-electron chi connectivity index (χ4n) is 2.05. The minimum absolute atomic E-state index is 0.0672. The number of urea groups is 1. The maximum atomic E-state index is 12.1. The van der Waals surface area contributed by atoms with Crippen LogP contribution in [0.4, 0.5) is 4.79 Å². The van der Waals surface area contributed by atoms with Crippen LogP contribution in [-0.4, -0.2) is 41.0 Å². The Kier molecular flexibility index (Phi) is 6.55. The molecule has 0 radical (unpaired) electrons. The van der Waals surface area contributed by atoms with Crippen LogP contribution in [0.25, 0.3) is 0 Å². The van der Waals surface area contributed by atoms with Gasteiger partial charge in [-0.3, -0.25) is 0 Å². The molecular formula is C16H26N2O2S. The number of carbonyl (C=O) groups excluding carboxylic acids is 1. The van der Waals surface area contributed by atoms with Crippen molar-refractivity contribution >= 4 is 17.8 Å². The summed E-state index contributed by atoms with van der Waals surface area (Å²) in [5.74, 6) is 1.05. The number of carbonyl (C=O) groups is 1. The molecule has 21 heavy (non-hydrogen) atoms. The molecule has 1 aromatic rings. The molecule has 4 nitrogen and oxygen atoms in total. The fraction of sp³-hybridized carbons (Fsp3) is 0.562. The van der Waals surface area contributed by atoms with Crippen molar-refractivity contribution < 1.29 is 9.90 Å². The van der Waals surface area contributed by atoms with Gasteiger partial charge in [-0.15, -0.1) is 11.8 Å². The predicted molar refractivity (Wildman–Crippen MR) is 88.7 cm³/mol. The topological polar surface area (TPSA) is 52.6 Å². The molecule has 0 aliphatic heterocycles. The second-order valence-electron chi connectivity index (χ2n) is 5.84. The van der Waals surface area contributed by atoms with E-state index in [4.69, 9.17) is 0 Å². The second-order valence-corrected chi connectivity index (χ2v) is 7.18. The minimum Gasteiger partial charge on any atom is -0.389 e. The van der Waals surface area contributed by atoms with Crippen molar-refractivity contribution in [3.8, 4) is 0 Å². The summed E-state index contributed by atoms with van der Waals surface area (Å²) in [6, 6.07) is 7.98. The Balaban J connectivity index is 2.59. The van der Waals surface area contributed by atoms with Crippen molar-refractivity contribution in [2.45, 2.75) is 44.2 Å². The average Bonchev–Trinajstić information content (AvgIpc) is 2.37. The van der Waals surface area contributed by atoms with Crippen molar-refractivity contribution in [2.24, 2.45) is 0 Å². The highest BCUT2D eigenvalue weighted by molar-refractivity contribution is 7.99. The molecule has 0 aromatic heterocycles. The lowest BCUT2D eigenvalue weighted by Crippen LogP contribution is -2.45. The first-order chi connectivity index (χ1) is 9.73. The Morgan fingerprint density at radius 3 is 2.43 bits per heavy atom. The van der Waals surface area contributed by atoms with Crippen molar-refractivity contribution in [3.05, 3.63) is 29.8 Å². The number of benzene rings is 1. The summed E-state index contributed by atoms with van der Waals surface area (Å²) in [7, 11) is 1.68. The van der Waals surface area contributed by atoms with Gasteiger partial charge in [-0.05, 0) is 44.2 Å². The zero-order valence-electron chi connectivity index (χ0n) is 13.5. The van der Waals surface area contributed by atoms with Gasteiger partial charge in [-0.1, -0.05) is 19.1 Å². The first-order valence-electron chi connectivity index (χ1n) is 7.19. The van der Waals surface area contributed by atoms with E-state index in [1.807, 2.05) is 19.1 Å². The van der Waals surface area contributed by atoms with Crippen molar-refractivity contribution in [3.63, 3.8) is 0 Å². The van der Waals surface area contributed by atoms with E-state index in [2.05, 4.69) is 24.4 Å². The van der Waals surface area contributed by atoms with E-state index >= 15 is 0 Å². The van der Waals surface area contributed by atoms with Crippen LogP contribution in [-0.2, 0) is 0 Å². The molecule has 118 valence electrons. The number of nitrogens with one attached hydrogen (secondary N) is 1. The predicted octanol–water partition coefficient (Wildman–Crippen LogP) is 3.27. The molecule has 1 rings (SSSR count). The van der Waals surface area contributed by atoms with E-state index in [0.29, 0.717) is 0 Å². The lowest BCUT2D eigenvalue weighted by atomic mass is 10.1. The van der Waals surface area contributed by atoms with Gasteiger partial charge in [0, 0.05) is 11.9 Å². The smallest absolute Gasteiger partial charge is 0.317 e. The summed E-state index contributed by atoms with van der Waals surface area (Å²) in [6.45, 7) is 7.74. The summed E-state index contributed by atoms with van der Waals surface area (Å²) >= 11 is 1.80. The number of amides is 2. The Hall–Kier alpha value is -1.20. The highest BCUT2D eigenvalue weighted by Gasteiger charge is 2.20. The summed E-state index contributed by atoms with van der Waals surface area (Å²) in [5.41, 5.74) is 0.175. The molecule has 2 N–H and O–H groups in total. The van der Waals surface area contributed by atoms with E-state index < -0.39 is 5.60 Å². The van der Waals surface area contributed by atoms with E-state index in [-0.39, 0.29) is 18.6 Å². The number of aliphatic hydroxyl groups is 1. The standard InChI is InChI=1S/C16H26N2O2S/c1-6-21-14-9-7-13(8-10-14)12(2)17-15(19)18(5)11-16(3,4)20/h7-10,12,20H,6,11H2,1-5H3,(H,17,19). The van der Waals surface area contributed by atoms with Gasteiger partial charge >= 0.3 is 6.03 Å². The van der Waals surface area contributed by atoms with Crippen LogP contribution in [0.1, 0.15) is 39.3 Å². The maximum absolute atomic E-state index is 12.1. The first kappa shape index (κ1) is 17.9. The Labute approximate surface area is 131 Å². The Morgan fingerprint density at radius 2 is 1.95 bits per heavy atom.